The van der Waals surface area contributed by atoms with Crippen molar-refractivity contribution >= 4 is 47.4 Å². The zero-order valence-corrected chi connectivity index (χ0v) is 28.7. The van der Waals surface area contributed by atoms with E-state index in [9.17, 15) is 24.4 Å². The first-order chi connectivity index (χ1) is 22.3. The Balaban J connectivity index is 1.96. The number of nitriles is 1. The van der Waals surface area contributed by atoms with Gasteiger partial charge in [0.05, 0.1) is 39.9 Å². The van der Waals surface area contributed by atoms with Gasteiger partial charge in [0.1, 0.15) is 36.9 Å². The second kappa shape index (κ2) is 19.3. The van der Waals surface area contributed by atoms with Crippen molar-refractivity contribution in [3.8, 4) is 17.6 Å². The van der Waals surface area contributed by atoms with E-state index in [4.69, 9.17) is 35.0 Å². The Morgan fingerprint density at radius 3 is 1.85 bits per heavy atom. The summed E-state index contributed by atoms with van der Waals surface area (Å²) in [5, 5.41) is 9.44. The molecule has 0 saturated carbocycles. The molecular formula is C33H38N2O10S2. The molecule has 12 nitrogen and oxygen atoms in total. The number of fused-ring (bicyclic) bond motifs is 1. The standard InChI is InChI=1S/C33H38N2O10S2/c1-19(2)31(38)44-22(6)17-42-26(36)11-9-13-40-25-15-21(5)28(30-29(25)46-33(47-30)24(16-34)35-8)41-14-10-12-27(37)43-18-23(7)45-32(39)20(3)4/h15,22-23H,1,3,9-14,17-18H2,2,4-7H3/b33-24+. The minimum atomic E-state index is -0.612. The molecule has 0 amide bonds. The van der Waals surface area contributed by atoms with E-state index in [1.165, 1.54) is 37.4 Å². The molecule has 1 aromatic carbocycles. The number of nitrogens with zero attached hydrogens (tertiary/aromatic N) is 2. The number of esters is 4. The molecule has 1 heterocycles. The van der Waals surface area contributed by atoms with Crippen LogP contribution in [-0.4, -0.2) is 62.5 Å². The van der Waals surface area contributed by atoms with E-state index in [0.29, 0.717) is 38.4 Å². The Bertz CT molecular complexity index is 1490. The fourth-order valence-corrected chi connectivity index (χ4v) is 6.18. The Kier molecular flexibility index (Phi) is 15.9. The normalized spacial score (nSPS) is 13.9. The van der Waals surface area contributed by atoms with E-state index < -0.39 is 36.1 Å². The first-order valence-corrected chi connectivity index (χ1v) is 16.3. The van der Waals surface area contributed by atoms with Crippen molar-refractivity contribution in [3.63, 3.8) is 0 Å². The predicted molar refractivity (Wildman–Crippen MR) is 174 cm³/mol. The molecule has 0 aliphatic carbocycles. The van der Waals surface area contributed by atoms with Gasteiger partial charge < -0.3 is 28.4 Å². The molecule has 0 saturated heterocycles. The van der Waals surface area contributed by atoms with Crippen molar-refractivity contribution in [1.29, 1.82) is 5.26 Å². The SMILES string of the molecule is [C-]#[N+]/C(C#N)=C1\Sc2c(OCCCC(=O)OCC(C)OC(=O)C(=C)C)cc(C)c(OCCCC(=O)OCC(C)OC(=O)C(=C)C)c2S1. The molecule has 14 heteroatoms. The van der Waals surface area contributed by atoms with Crippen LogP contribution in [0.4, 0.5) is 0 Å². The van der Waals surface area contributed by atoms with Crippen LogP contribution in [0.3, 0.4) is 0 Å². The molecule has 2 atom stereocenters. The van der Waals surface area contributed by atoms with Crippen LogP contribution in [0.2, 0.25) is 0 Å². The molecule has 2 rings (SSSR count). The van der Waals surface area contributed by atoms with Gasteiger partial charge in [0.15, 0.2) is 0 Å². The van der Waals surface area contributed by atoms with E-state index in [2.05, 4.69) is 18.0 Å². The average Bonchev–Trinajstić information content (AvgIpc) is 3.46. The van der Waals surface area contributed by atoms with Gasteiger partial charge in [0.25, 0.3) is 5.70 Å². The quantitative estimate of drug-likeness (QED) is 0.0429. The topological polar surface area (TPSA) is 152 Å². The lowest BCUT2D eigenvalue weighted by molar-refractivity contribution is -0.155. The highest BCUT2D eigenvalue weighted by molar-refractivity contribution is 8.24. The number of hydrogen-bond acceptors (Lipinski definition) is 13. The Labute approximate surface area is 283 Å². The number of aryl methyl sites for hydroxylation is 1. The molecule has 0 aromatic heterocycles. The van der Waals surface area contributed by atoms with Crippen LogP contribution >= 0.6 is 23.5 Å². The van der Waals surface area contributed by atoms with Crippen LogP contribution in [0.5, 0.6) is 11.5 Å². The Morgan fingerprint density at radius 1 is 0.894 bits per heavy atom. The third kappa shape index (κ3) is 12.7. The van der Waals surface area contributed by atoms with E-state index in [0.717, 1.165) is 5.56 Å². The van der Waals surface area contributed by atoms with Gasteiger partial charge in [0, 0.05) is 24.0 Å². The number of carbonyl (C=O) groups excluding carboxylic acids is 4. The summed E-state index contributed by atoms with van der Waals surface area (Å²) in [4.78, 5) is 52.2. The molecule has 252 valence electrons. The number of thioether (sulfide) groups is 2. The lowest BCUT2D eigenvalue weighted by Gasteiger charge is -2.17. The fourth-order valence-electron chi connectivity index (χ4n) is 3.61. The summed E-state index contributed by atoms with van der Waals surface area (Å²) in [6, 6.07) is 3.70. The van der Waals surface area contributed by atoms with Crippen LogP contribution in [0, 0.1) is 24.8 Å². The second-order valence-corrected chi connectivity index (χ2v) is 12.8. The van der Waals surface area contributed by atoms with Crippen molar-refractivity contribution < 1.29 is 47.6 Å². The lowest BCUT2D eigenvalue weighted by atomic mass is 10.2. The van der Waals surface area contributed by atoms with Gasteiger partial charge in [-0.15, -0.1) is 0 Å². The zero-order chi connectivity index (χ0) is 35.1. The van der Waals surface area contributed by atoms with Gasteiger partial charge in [0.2, 0.25) is 0 Å². The smallest absolute Gasteiger partial charge is 0.333 e. The maximum atomic E-state index is 12.2. The highest BCUT2D eigenvalue weighted by atomic mass is 32.2. The van der Waals surface area contributed by atoms with E-state index in [-0.39, 0.29) is 56.1 Å². The molecule has 1 aliphatic rings. The summed E-state index contributed by atoms with van der Waals surface area (Å²) >= 11 is 2.47. The molecule has 0 radical (unpaired) electrons. The molecule has 1 aromatic rings. The molecule has 0 spiro atoms. The molecule has 1 aliphatic heterocycles. The number of benzene rings is 1. The summed E-state index contributed by atoms with van der Waals surface area (Å²) < 4.78 is 33.1. The number of carbonyl (C=O) groups is 4. The lowest BCUT2D eigenvalue weighted by Crippen LogP contribution is -2.22. The second-order valence-electron chi connectivity index (χ2n) is 10.5. The highest BCUT2D eigenvalue weighted by Gasteiger charge is 2.30. The molecule has 47 heavy (non-hydrogen) atoms. The molecular weight excluding hydrogens is 649 g/mol. The van der Waals surface area contributed by atoms with Gasteiger partial charge in [-0.3, -0.25) is 9.59 Å². The first kappa shape index (κ1) is 38.8. The average molecular weight is 687 g/mol. The summed E-state index contributed by atoms with van der Waals surface area (Å²) in [5.74, 6) is -0.986. The monoisotopic (exact) mass is 686 g/mol. The van der Waals surface area contributed by atoms with Crippen LogP contribution in [0.15, 0.2) is 50.1 Å². The minimum Gasteiger partial charge on any atom is -0.492 e. The van der Waals surface area contributed by atoms with E-state index in [1.807, 2.05) is 13.0 Å². The van der Waals surface area contributed by atoms with Gasteiger partial charge in [-0.25, -0.2) is 19.7 Å². The van der Waals surface area contributed by atoms with Crippen LogP contribution in [0.1, 0.15) is 58.9 Å². The van der Waals surface area contributed by atoms with Gasteiger partial charge in [-0.2, -0.15) is 0 Å². The van der Waals surface area contributed by atoms with Crippen LogP contribution in [-0.2, 0) is 38.1 Å². The van der Waals surface area contributed by atoms with E-state index in [1.54, 1.807) is 19.9 Å². The fraction of sp³-hybridized carbons (Fsp3) is 0.455. The van der Waals surface area contributed by atoms with Gasteiger partial charge >= 0.3 is 23.9 Å². The first-order valence-electron chi connectivity index (χ1n) is 14.6. The van der Waals surface area contributed by atoms with Crippen LogP contribution < -0.4 is 9.47 Å². The third-order valence-corrected chi connectivity index (χ3v) is 8.56. The Morgan fingerprint density at radius 2 is 1.38 bits per heavy atom. The van der Waals surface area contributed by atoms with Crippen molar-refractivity contribution in [3.05, 3.63) is 57.3 Å². The molecule has 2 unspecified atom stereocenters. The van der Waals surface area contributed by atoms with Crippen molar-refractivity contribution in [1.82, 2.24) is 0 Å². The van der Waals surface area contributed by atoms with Crippen molar-refractivity contribution in [2.24, 2.45) is 0 Å². The summed E-state index contributed by atoms with van der Waals surface area (Å²) in [7, 11) is 0. The number of ether oxygens (including phenoxy) is 6. The number of hydrogen-bond donors (Lipinski definition) is 0. The minimum absolute atomic E-state index is 0.0532. The van der Waals surface area contributed by atoms with Gasteiger partial charge in [-0.05, 0) is 59.1 Å². The molecule has 0 fully saturated rings. The predicted octanol–water partition coefficient (Wildman–Crippen LogP) is 6.22. The molecule has 0 bridgehead atoms. The summed E-state index contributed by atoms with van der Waals surface area (Å²) in [6.07, 6.45) is -0.371. The maximum absolute atomic E-state index is 12.2. The number of rotatable bonds is 18. The third-order valence-electron chi connectivity index (χ3n) is 5.97. The van der Waals surface area contributed by atoms with Crippen molar-refractivity contribution in [2.45, 2.75) is 82.3 Å². The Hall–Kier alpha value is -4.40. The van der Waals surface area contributed by atoms with Crippen LogP contribution in [0.25, 0.3) is 4.85 Å². The largest absolute Gasteiger partial charge is 0.492 e. The van der Waals surface area contributed by atoms with E-state index >= 15 is 0 Å². The maximum Gasteiger partial charge on any atom is 0.333 e. The zero-order valence-electron chi connectivity index (χ0n) is 27.1. The highest BCUT2D eigenvalue weighted by Crippen LogP contribution is 2.59. The molecule has 0 N–H and O–H groups in total. The van der Waals surface area contributed by atoms with Gasteiger partial charge in [-0.1, -0.05) is 36.7 Å². The van der Waals surface area contributed by atoms with Crippen molar-refractivity contribution in [2.75, 3.05) is 26.4 Å². The number of allylic oxidation sites excluding steroid dienone is 1. The summed E-state index contributed by atoms with van der Waals surface area (Å²) in [5.41, 5.74) is 1.19. The summed E-state index contributed by atoms with van der Waals surface area (Å²) in [6.45, 7) is 22.7.